The second-order valence-corrected chi connectivity index (χ2v) is 9.50. The predicted molar refractivity (Wildman–Crippen MR) is 154 cm³/mol. The molecule has 5 aromatic rings. The van der Waals surface area contributed by atoms with Crippen LogP contribution in [0.3, 0.4) is 0 Å². The topological polar surface area (TPSA) is 158 Å². The standard InChI is InChI=1S/C28H22F6N10O2/c29-27(30,31)23-37-19-7-3-1-5-17(19)21(39-23)41-43-25(45)35-13-15-9-11-16(12-10-15)14-36-26(46)44-42-22-18-6-2-4-8-20(18)38-24(40-22)28(32,33)34/h1-12H,13-14H2,(H2,35,43,45)(H2,36,44,46)(H,37,39,41)(H,38,40,42). The number of rotatable bonds is 8. The van der Waals surface area contributed by atoms with Gasteiger partial charge in [0.2, 0.25) is 11.6 Å². The Kier molecular flexibility index (Phi) is 8.87. The lowest BCUT2D eigenvalue weighted by Gasteiger charge is -2.14. The molecule has 0 radical (unpaired) electrons. The Morgan fingerprint density at radius 1 is 0.543 bits per heavy atom. The minimum absolute atomic E-state index is 0.0387. The van der Waals surface area contributed by atoms with Gasteiger partial charge in [-0.05, 0) is 35.4 Å². The molecule has 0 spiro atoms. The van der Waals surface area contributed by atoms with Crippen molar-refractivity contribution >= 4 is 45.5 Å². The van der Waals surface area contributed by atoms with Crippen LogP contribution in [0.4, 0.5) is 47.6 Å². The largest absolute Gasteiger partial charge is 0.451 e. The summed E-state index contributed by atoms with van der Waals surface area (Å²) in [6.07, 6.45) is -9.58. The zero-order valence-corrected chi connectivity index (χ0v) is 23.2. The minimum Gasteiger partial charge on any atom is -0.333 e. The zero-order chi connectivity index (χ0) is 32.9. The van der Waals surface area contributed by atoms with Crippen LogP contribution in [0, 0.1) is 0 Å². The number of alkyl halides is 6. The van der Waals surface area contributed by atoms with Crippen LogP contribution in [0.5, 0.6) is 0 Å². The molecule has 0 unspecified atom stereocenters. The minimum atomic E-state index is -4.79. The van der Waals surface area contributed by atoms with Crippen molar-refractivity contribution < 1.29 is 35.9 Å². The first-order valence-electron chi connectivity index (χ1n) is 13.2. The molecule has 5 rings (SSSR count). The zero-order valence-electron chi connectivity index (χ0n) is 23.2. The van der Waals surface area contributed by atoms with Gasteiger partial charge >= 0.3 is 24.4 Å². The number of halogens is 6. The van der Waals surface area contributed by atoms with E-state index in [0.717, 1.165) is 0 Å². The summed E-state index contributed by atoms with van der Waals surface area (Å²) in [6, 6.07) is 17.2. The highest BCUT2D eigenvalue weighted by molar-refractivity contribution is 5.90. The highest BCUT2D eigenvalue weighted by Gasteiger charge is 2.36. The first-order valence-corrected chi connectivity index (χ1v) is 13.2. The number of hydrazine groups is 2. The number of urea groups is 2. The van der Waals surface area contributed by atoms with Gasteiger partial charge in [0.15, 0.2) is 11.6 Å². The molecule has 0 fully saturated rings. The Hall–Kier alpha value is -5.94. The summed E-state index contributed by atoms with van der Waals surface area (Å²) >= 11 is 0. The molecule has 0 saturated carbocycles. The molecule has 0 bridgehead atoms. The van der Waals surface area contributed by atoms with Gasteiger partial charge in [-0.2, -0.15) is 26.3 Å². The van der Waals surface area contributed by atoms with E-state index in [1.54, 1.807) is 36.4 Å². The third-order valence-electron chi connectivity index (χ3n) is 6.23. The number of fused-ring (bicyclic) bond motifs is 2. The lowest BCUT2D eigenvalue weighted by Crippen LogP contribution is -2.39. The highest BCUT2D eigenvalue weighted by atomic mass is 19.4. The van der Waals surface area contributed by atoms with E-state index in [1.165, 1.54) is 36.4 Å². The number of benzene rings is 3. The smallest absolute Gasteiger partial charge is 0.333 e. The van der Waals surface area contributed by atoms with E-state index in [4.69, 9.17) is 0 Å². The van der Waals surface area contributed by atoms with Gasteiger partial charge in [0.05, 0.1) is 11.0 Å². The van der Waals surface area contributed by atoms with Gasteiger partial charge in [-0.1, -0.05) is 48.5 Å². The van der Waals surface area contributed by atoms with Crippen LogP contribution < -0.4 is 32.3 Å². The summed E-state index contributed by atoms with van der Waals surface area (Å²) in [4.78, 5) is 38.5. The molecule has 18 heteroatoms. The lowest BCUT2D eigenvalue weighted by molar-refractivity contribution is -0.145. The molecule has 46 heavy (non-hydrogen) atoms. The van der Waals surface area contributed by atoms with E-state index in [0.29, 0.717) is 11.1 Å². The summed E-state index contributed by atoms with van der Waals surface area (Å²) < 4.78 is 79.2. The van der Waals surface area contributed by atoms with E-state index < -0.39 is 36.1 Å². The number of aromatic nitrogens is 4. The molecule has 2 aromatic heterocycles. The molecule has 0 aliphatic rings. The maximum Gasteiger partial charge on any atom is 0.451 e. The van der Waals surface area contributed by atoms with Crippen LogP contribution in [0.25, 0.3) is 21.8 Å². The second-order valence-electron chi connectivity index (χ2n) is 9.50. The summed E-state index contributed by atoms with van der Waals surface area (Å²) in [5.74, 6) is -3.20. The normalized spacial score (nSPS) is 11.6. The predicted octanol–water partition coefficient (Wildman–Crippen LogP) is 5.26. The molecule has 238 valence electrons. The van der Waals surface area contributed by atoms with Crippen molar-refractivity contribution in [2.45, 2.75) is 25.4 Å². The molecule has 0 aliphatic carbocycles. The Bertz CT molecular complexity index is 1750. The number of nitrogens with zero attached hydrogens (tertiary/aromatic N) is 4. The van der Waals surface area contributed by atoms with Crippen molar-refractivity contribution in [3.63, 3.8) is 0 Å². The van der Waals surface area contributed by atoms with Crippen molar-refractivity contribution in [1.29, 1.82) is 0 Å². The van der Waals surface area contributed by atoms with Crippen LogP contribution in [-0.2, 0) is 25.4 Å². The first kappa shape index (κ1) is 31.5. The van der Waals surface area contributed by atoms with Crippen LogP contribution in [0.2, 0.25) is 0 Å². The van der Waals surface area contributed by atoms with Gasteiger partial charge < -0.3 is 10.6 Å². The third kappa shape index (κ3) is 7.76. The van der Waals surface area contributed by atoms with Crippen molar-refractivity contribution in [2.75, 3.05) is 10.9 Å². The van der Waals surface area contributed by atoms with Gasteiger partial charge in [-0.15, -0.1) is 0 Å². The maximum absolute atomic E-state index is 13.2. The van der Waals surface area contributed by atoms with Gasteiger partial charge in [-0.25, -0.2) is 29.5 Å². The van der Waals surface area contributed by atoms with E-state index in [1.807, 2.05) is 0 Å². The number of para-hydroxylation sites is 2. The number of carbonyl (C=O) groups excluding carboxylic acids is 2. The molecule has 2 heterocycles. The number of anilines is 2. The van der Waals surface area contributed by atoms with Crippen LogP contribution in [0.1, 0.15) is 22.8 Å². The first-order chi connectivity index (χ1) is 21.9. The molecule has 0 atom stereocenters. The van der Waals surface area contributed by atoms with Crippen molar-refractivity contribution in [2.24, 2.45) is 0 Å². The van der Waals surface area contributed by atoms with Gasteiger partial charge in [0, 0.05) is 23.9 Å². The monoisotopic (exact) mass is 644 g/mol. The highest BCUT2D eigenvalue weighted by Crippen LogP contribution is 2.31. The summed E-state index contributed by atoms with van der Waals surface area (Å²) in [7, 11) is 0. The molecule has 12 nitrogen and oxygen atoms in total. The quantitative estimate of drug-likeness (QED) is 0.0986. The average Bonchev–Trinajstić information content (AvgIpc) is 3.03. The SMILES string of the molecule is O=C(NCc1ccc(CNC(=O)NNc2nc(C(F)(F)F)nc3ccccc23)cc1)NNc1nc(C(F)(F)F)nc2ccccc12. The Balaban J connectivity index is 1.10. The lowest BCUT2D eigenvalue weighted by atomic mass is 10.1. The fourth-order valence-corrected chi connectivity index (χ4v) is 4.06. The molecular weight excluding hydrogens is 622 g/mol. The fourth-order valence-electron chi connectivity index (χ4n) is 4.06. The summed E-state index contributed by atoms with van der Waals surface area (Å²) in [5.41, 5.74) is 10.7. The number of hydrogen-bond donors (Lipinski definition) is 6. The molecule has 3 aromatic carbocycles. The van der Waals surface area contributed by atoms with Crippen LogP contribution in [0.15, 0.2) is 72.8 Å². The molecule has 0 aliphatic heterocycles. The molecule has 4 amide bonds. The van der Waals surface area contributed by atoms with Crippen LogP contribution in [-0.4, -0.2) is 32.0 Å². The van der Waals surface area contributed by atoms with E-state index in [2.05, 4.69) is 52.3 Å². The van der Waals surface area contributed by atoms with Crippen molar-refractivity contribution in [1.82, 2.24) is 41.4 Å². The van der Waals surface area contributed by atoms with Gasteiger partial charge in [-0.3, -0.25) is 21.7 Å². The molecule has 0 saturated heterocycles. The number of carbonyl (C=O) groups is 2. The molecule has 6 N–H and O–H groups in total. The maximum atomic E-state index is 13.2. The van der Waals surface area contributed by atoms with E-state index in [9.17, 15) is 35.9 Å². The Morgan fingerprint density at radius 2 is 0.913 bits per heavy atom. The van der Waals surface area contributed by atoms with Crippen molar-refractivity contribution in [3.8, 4) is 0 Å². The van der Waals surface area contributed by atoms with Crippen LogP contribution >= 0.6 is 0 Å². The van der Waals surface area contributed by atoms with Gasteiger partial charge in [0.1, 0.15) is 0 Å². The molecular formula is C28H22F6N10O2. The fraction of sp³-hybridized carbons (Fsp3) is 0.143. The number of nitrogens with one attached hydrogen (secondary N) is 6. The van der Waals surface area contributed by atoms with Crippen molar-refractivity contribution in [3.05, 3.63) is 95.6 Å². The van der Waals surface area contributed by atoms with Gasteiger partial charge in [0.25, 0.3) is 0 Å². The second kappa shape index (κ2) is 13.0. The number of amides is 4. The summed E-state index contributed by atoms with van der Waals surface area (Å²) in [5, 5.41) is 5.62. The Morgan fingerprint density at radius 3 is 1.28 bits per heavy atom. The average molecular weight is 645 g/mol. The summed E-state index contributed by atoms with van der Waals surface area (Å²) in [6.45, 7) is 0.105. The van der Waals surface area contributed by atoms with E-state index >= 15 is 0 Å². The van der Waals surface area contributed by atoms with E-state index in [-0.39, 0.29) is 46.5 Å². The number of hydrogen-bond acceptors (Lipinski definition) is 8. The Labute approximate surface area is 255 Å². The third-order valence-corrected chi connectivity index (χ3v) is 6.23.